The van der Waals surface area contributed by atoms with Crippen LogP contribution in [0.4, 0.5) is 0 Å². The van der Waals surface area contributed by atoms with Crippen LogP contribution in [0.2, 0.25) is 0 Å². The number of thiophene rings is 3. The van der Waals surface area contributed by atoms with Crippen molar-refractivity contribution in [2.24, 2.45) is 0 Å². The van der Waals surface area contributed by atoms with E-state index in [1.807, 2.05) is 89.7 Å². The normalized spacial score (nSPS) is 9.33. The van der Waals surface area contributed by atoms with E-state index in [2.05, 4.69) is 108 Å². The van der Waals surface area contributed by atoms with E-state index >= 15 is 0 Å². The van der Waals surface area contributed by atoms with E-state index in [4.69, 9.17) is 0 Å². The van der Waals surface area contributed by atoms with Gasteiger partial charge in [0.1, 0.15) is 5.82 Å². The van der Waals surface area contributed by atoms with E-state index in [-0.39, 0.29) is 0 Å². The van der Waals surface area contributed by atoms with Crippen LogP contribution < -0.4 is 0 Å². The Bertz CT molecular complexity index is 1290. The monoisotopic (exact) mass is 659 g/mol. The van der Waals surface area contributed by atoms with E-state index in [9.17, 15) is 0 Å². The summed E-state index contributed by atoms with van der Waals surface area (Å²) in [6, 6.07) is 16.6. The third-order valence-corrected chi connectivity index (χ3v) is 8.37. The largest absolute Gasteiger partial charge is 0.261 e. The van der Waals surface area contributed by atoms with Crippen molar-refractivity contribution < 1.29 is 0 Å². The van der Waals surface area contributed by atoms with Gasteiger partial charge in [0.15, 0.2) is 0 Å². The van der Waals surface area contributed by atoms with Gasteiger partial charge in [0.05, 0.1) is 11.4 Å². The van der Waals surface area contributed by atoms with Crippen molar-refractivity contribution in [1.82, 2.24) is 25.1 Å². The molecule has 0 bridgehead atoms. The second-order valence-electron chi connectivity index (χ2n) is 10.7. The molecule has 6 rings (SSSR count). The molecule has 6 aromatic rings. The number of aromatic nitrogens is 5. The molecule has 45 heavy (non-hydrogen) atoms. The Labute approximate surface area is 283 Å². The molecule has 0 fully saturated rings. The highest BCUT2D eigenvalue weighted by molar-refractivity contribution is 7.11. The number of hydrogen-bond acceptors (Lipinski definition) is 8. The van der Waals surface area contributed by atoms with Crippen molar-refractivity contribution >= 4 is 34.0 Å². The van der Waals surface area contributed by atoms with Crippen LogP contribution in [-0.2, 0) is 0 Å². The molecule has 0 atom stereocenters. The Balaban J connectivity index is 0.000000270. The molecule has 0 unspecified atom stereocenters. The number of nitrogens with zero attached hydrogens (tertiary/aromatic N) is 5. The summed E-state index contributed by atoms with van der Waals surface area (Å²) >= 11 is 5.45. The zero-order valence-corrected chi connectivity index (χ0v) is 31.4. The van der Waals surface area contributed by atoms with Gasteiger partial charge < -0.3 is 0 Å². The third-order valence-electron chi connectivity index (χ3n) is 5.50. The van der Waals surface area contributed by atoms with Crippen LogP contribution in [-0.4, -0.2) is 25.1 Å². The van der Waals surface area contributed by atoms with E-state index in [1.165, 1.54) is 36.2 Å². The Hall–Kier alpha value is -3.59. The zero-order valence-electron chi connectivity index (χ0n) is 29.0. The summed E-state index contributed by atoms with van der Waals surface area (Å²) in [7, 11) is 0. The molecule has 0 amide bonds. The Morgan fingerprint density at radius 2 is 0.822 bits per heavy atom. The summed E-state index contributed by atoms with van der Waals surface area (Å²) in [5, 5.41) is 12.0. The average molecular weight is 660 g/mol. The average Bonchev–Trinajstić information content (AvgIpc) is 3.70. The van der Waals surface area contributed by atoms with Crippen LogP contribution in [0, 0.1) is 83.1 Å². The SMILES string of the molecule is Cc1ccc(C)nc1.Cc1ccc(C)nn1.Cc1ccc(C)s1.Cc1cnc(C)nc1.Cc1csc(C)c1.Cc1csc(C)c1. The molecule has 0 aliphatic heterocycles. The van der Waals surface area contributed by atoms with Gasteiger partial charge in [-0.1, -0.05) is 6.07 Å². The molecule has 0 radical (unpaired) electrons. The number of hydrogen-bond donors (Lipinski definition) is 0. The van der Waals surface area contributed by atoms with Gasteiger partial charge in [-0.05, 0) is 159 Å². The number of aryl methyl sites for hydroxylation is 12. The summed E-state index contributed by atoms with van der Waals surface area (Å²) in [5.41, 5.74) is 8.10. The number of rotatable bonds is 0. The fourth-order valence-electron chi connectivity index (χ4n) is 3.17. The molecule has 0 aliphatic rings. The lowest BCUT2D eigenvalue weighted by Crippen LogP contribution is -1.86. The van der Waals surface area contributed by atoms with Crippen LogP contribution >= 0.6 is 34.0 Å². The van der Waals surface area contributed by atoms with Crippen LogP contribution in [0.3, 0.4) is 0 Å². The molecule has 5 nitrogen and oxygen atoms in total. The Morgan fingerprint density at radius 1 is 0.400 bits per heavy atom. The van der Waals surface area contributed by atoms with Crippen molar-refractivity contribution in [2.75, 3.05) is 0 Å². The van der Waals surface area contributed by atoms with Crippen LogP contribution in [0.25, 0.3) is 0 Å². The number of pyridine rings is 1. The van der Waals surface area contributed by atoms with Crippen molar-refractivity contribution in [3.8, 4) is 0 Å². The lowest BCUT2D eigenvalue weighted by molar-refractivity contribution is 0.941. The molecule has 6 heterocycles. The van der Waals surface area contributed by atoms with E-state index < -0.39 is 0 Å². The zero-order chi connectivity index (χ0) is 33.8. The van der Waals surface area contributed by atoms with Gasteiger partial charge in [-0.3, -0.25) is 4.98 Å². The maximum atomic E-state index is 4.08. The van der Waals surface area contributed by atoms with Gasteiger partial charge in [-0.2, -0.15) is 10.2 Å². The Kier molecular flexibility index (Phi) is 19.3. The smallest absolute Gasteiger partial charge is 0.125 e. The predicted octanol–water partition coefficient (Wildman–Crippen LogP) is 11.0. The quantitative estimate of drug-likeness (QED) is 0.162. The first kappa shape index (κ1) is 39.4. The topological polar surface area (TPSA) is 64.5 Å². The van der Waals surface area contributed by atoms with Gasteiger partial charge in [-0.25, -0.2) is 9.97 Å². The summed E-state index contributed by atoms with van der Waals surface area (Å²) in [4.78, 5) is 17.6. The first-order chi connectivity index (χ1) is 21.2. The minimum Gasteiger partial charge on any atom is -0.261 e. The van der Waals surface area contributed by atoms with Gasteiger partial charge in [0, 0.05) is 43.8 Å². The summed E-state index contributed by atoms with van der Waals surface area (Å²) in [6.45, 7) is 24.4. The minimum atomic E-state index is 0.829. The summed E-state index contributed by atoms with van der Waals surface area (Å²) < 4.78 is 0. The van der Waals surface area contributed by atoms with Gasteiger partial charge >= 0.3 is 0 Å². The van der Waals surface area contributed by atoms with Crippen LogP contribution in [0.1, 0.15) is 64.7 Å². The standard InChI is InChI=1S/C7H9N.2C6H8N2.3C6H8S/c1-6-3-4-7(2)8-5-6;1-5-3-7-6(2)8-4-5;1-5-3-4-6(2)8-7-5;2*1-5-3-6(2)7-4-5;1-5-3-4-6(2)7-5/h3-5H,1-2H3;2*3-4H,1-2H3;3*3-4H,1-2H3. The molecule has 0 aromatic carbocycles. The minimum absolute atomic E-state index is 0.829. The third kappa shape index (κ3) is 20.9. The molecular weight excluding hydrogens is 611 g/mol. The molecule has 0 saturated heterocycles. The van der Waals surface area contributed by atoms with Crippen LogP contribution in [0.15, 0.2) is 77.9 Å². The fourth-order valence-corrected chi connectivity index (χ4v) is 5.34. The predicted molar refractivity (Wildman–Crippen MR) is 198 cm³/mol. The molecule has 6 aromatic heterocycles. The lowest BCUT2D eigenvalue weighted by Gasteiger charge is -1.89. The fraction of sp³-hybridized carbons (Fsp3) is 0.324. The maximum absolute atomic E-state index is 4.08. The highest BCUT2D eigenvalue weighted by atomic mass is 32.1. The molecule has 8 heteroatoms. The molecule has 0 saturated carbocycles. The first-order valence-corrected chi connectivity index (χ1v) is 17.3. The van der Waals surface area contributed by atoms with Crippen LogP contribution in [0.5, 0.6) is 0 Å². The highest BCUT2D eigenvalue weighted by Crippen LogP contribution is 2.12. The van der Waals surface area contributed by atoms with E-state index in [1.54, 1.807) is 22.7 Å². The molecule has 240 valence electrons. The summed E-state index contributed by atoms with van der Waals surface area (Å²) in [6.07, 6.45) is 5.49. The van der Waals surface area contributed by atoms with Gasteiger partial charge in [-0.15, -0.1) is 34.0 Å². The van der Waals surface area contributed by atoms with E-state index in [0.29, 0.717) is 0 Å². The molecule has 0 aliphatic carbocycles. The molecular formula is C37H49N5S3. The second-order valence-corrected chi connectivity index (χ2v) is 14.4. The second kappa shape index (κ2) is 22.0. The maximum Gasteiger partial charge on any atom is 0.125 e. The Morgan fingerprint density at radius 3 is 1.04 bits per heavy atom. The van der Waals surface area contributed by atoms with Crippen molar-refractivity contribution in [3.63, 3.8) is 0 Å². The van der Waals surface area contributed by atoms with Crippen molar-refractivity contribution in [2.45, 2.75) is 83.1 Å². The first-order valence-electron chi connectivity index (χ1n) is 14.7. The van der Waals surface area contributed by atoms with Crippen molar-refractivity contribution in [3.05, 3.63) is 143 Å². The van der Waals surface area contributed by atoms with Gasteiger partial charge in [0.25, 0.3) is 0 Å². The van der Waals surface area contributed by atoms with Crippen molar-refractivity contribution in [1.29, 1.82) is 0 Å². The molecule has 0 N–H and O–H groups in total. The van der Waals surface area contributed by atoms with Gasteiger partial charge in [0.2, 0.25) is 0 Å². The highest BCUT2D eigenvalue weighted by Gasteiger charge is 1.87. The summed E-state index contributed by atoms with van der Waals surface area (Å²) in [5.74, 6) is 0.829. The lowest BCUT2D eigenvalue weighted by atomic mass is 10.3. The molecule has 0 spiro atoms. The van der Waals surface area contributed by atoms with E-state index in [0.717, 1.165) is 28.5 Å².